The van der Waals surface area contributed by atoms with Gasteiger partial charge in [0.05, 0.1) is 19.0 Å². The Bertz CT molecular complexity index is 89.7. The number of aliphatic hydroxyl groups is 1. The van der Waals surface area contributed by atoms with Crippen LogP contribution in [0.3, 0.4) is 0 Å². The quantitative estimate of drug-likeness (QED) is 0.395. The van der Waals surface area contributed by atoms with E-state index in [9.17, 15) is 0 Å². The first kappa shape index (κ1) is 4.46. The fraction of sp³-hybridized carbons (Fsp3) is 0.500. The van der Waals surface area contributed by atoms with Crippen molar-refractivity contribution in [3.8, 4) is 0 Å². The predicted octanol–water partition coefficient (Wildman–Crippen LogP) is -1.03. The summed E-state index contributed by atoms with van der Waals surface area (Å²) in [6, 6.07) is 0. The molecule has 3 heteroatoms. The van der Waals surface area contributed by atoms with Crippen LogP contribution in [-0.4, -0.2) is 18.4 Å². The third-order valence-corrected chi connectivity index (χ3v) is 0.864. The highest BCUT2D eigenvalue weighted by molar-refractivity contribution is 5.02. The summed E-state index contributed by atoms with van der Waals surface area (Å²) in [7, 11) is 0. The van der Waals surface area contributed by atoms with Crippen molar-refractivity contribution in [2.45, 2.75) is 0 Å². The fourth-order valence-corrected chi connectivity index (χ4v) is 0.491. The average molecular weight is 100 g/mol. The van der Waals surface area contributed by atoms with Crippen LogP contribution in [0.2, 0.25) is 0 Å². The lowest BCUT2D eigenvalue weighted by molar-refractivity contribution is 0.324. The number of nitrogens with one attached hydrogen (secondary N) is 2. The second-order valence-corrected chi connectivity index (χ2v) is 1.39. The molecule has 0 saturated heterocycles. The van der Waals surface area contributed by atoms with Crippen LogP contribution in [0.15, 0.2) is 11.9 Å². The minimum Gasteiger partial charge on any atom is -0.390 e. The molecule has 0 aliphatic carbocycles. The summed E-state index contributed by atoms with van der Waals surface area (Å²) in [5.41, 5.74) is 0.861. The summed E-state index contributed by atoms with van der Waals surface area (Å²) in [4.78, 5) is 0. The van der Waals surface area contributed by atoms with E-state index >= 15 is 0 Å². The summed E-state index contributed by atoms with van der Waals surface area (Å²) in [6.07, 6.45) is 1.76. The molecule has 0 aromatic heterocycles. The molecule has 0 aromatic rings. The van der Waals surface area contributed by atoms with Crippen molar-refractivity contribution in [1.82, 2.24) is 10.6 Å². The van der Waals surface area contributed by atoms with Crippen LogP contribution in [0.5, 0.6) is 0 Å². The van der Waals surface area contributed by atoms with Crippen molar-refractivity contribution in [2.24, 2.45) is 0 Å². The van der Waals surface area contributed by atoms with Crippen LogP contribution in [0, 0.1) is 0 Å². The molecule has 0 saturated carbocycles. The van der Waals surface area contributed by atoms with Gasteiger partial charge in [-0.2, -0.15) is 0 Å². The van der Waals surface area contributed by atoms with Gasteiger partial charge in [-0.1, -0.05) is 0 Å². The highest BCUT2D eigenvalue weighted by Crippen LogP contribution is 1.86. The van der Waals surface area contributed by atoms with E-state index in [1.54, 1.807) is 6.20 Å². The van der Waals surface area contributed by atoms with Gasteiger partial charge in [-0.05, 0) is 0 Å². The van der Waals surface area contributed by atoms with Gasteiger partial charge in [0, 0.05) is 6.20 Å². The lowest BCUT2D eigenvalue weighted by Crippen LogP contribution is -2.15. The Labute approximate surface area is 42.0 Å². The zero-order valence-corrected chi connectivity index (χ0v) is 3.94. The minimum absolute atomic E-state index is 0.104. The Balaban J connectivity index is 2.36. The number of hydrogen-bond donors (Lipinski definition) is 3. The lowest BCUT2D eigenvalue weighted by Gasteiger charge is -1.92. The molecular formula is C4H8N2O. The van der Waals surface area contributed by atoms with E-state index in [1.807, 2.05) is 0 Å². The highest BCUT2D eigenvalue weighted by atomic mass is 16.3. The van der Waals surface area contributed by atoms with Crippen molar-refractivity contribution in [1.29, 1.82) is 0 Å². The standard InChI is InChI=1S/C4H8N2O/c7-2-4-1-5-3-6-4/h1,5-7H,2-3H2. The van der Waals surface area contributed by atoms with Gasteiger partial charge < -0.3 is 15.7 Å². The summed E-state index contributed by atoms with van der Waals surface area (Å²) in [6.45, 7) is 0.850. The maximum absolute atomic E-state index is 8.40. The first-order valence-electron chi connectivity index (χ1n) is 2.20. The Morgan fingerprint density at radius 1 is 1.86 bits per heavy atom. The predicted molar refractivity (Wildman–Crippen MR) is 26.3 cm³/mol. The maximum atomic E-state index is 8.40. The summed E-state index contributed by atoms with van der Waals surface area (Å²) in [5.74, 6) is 0. The molecule has 0 amide bonds. The van der Waals surface area contributed by atoms with E-state index in [-0.39, 0.29) is 6.61 Å². The van der Waals surface area contributed by atoms with Crippen molar-refractivity contribution in [3.05, 3.63) is 11.9 Å². The second-order valence-electron chi connectivity index (χ2n) is 1.39. The van der Waals surface area contributed by atoms with E-state index in [2.05, 4.69) is 10.6 Å². The van der Waals surface area contributed by atoms with Crippen LogP contribution < -0.4 is 10.6 Å². The molecule has 0 fully saturated rings. The van der Waals surface area contributed by atoms with Crippen LogP contribution in [0.4, 0.5) is 0 Å². The molecular weight excluding hydrogens is 92.1 g/mol. The van der Waals surface area contributed by atoms with Crippen LogP contribution in [0.1, 0.15) is 0 Å². The molecule has 0 radical (unpaired) electrons. The number of hydrogen-bond acceptors (Lipinski definition) is 3. The zero-order valence-electron chi connectivity index (χ0n) is 3.94. The molecule has 0 unspecified atom stereocenters. The Kier molecular flexibility index (Phi) is 1.17. The van der Waals surface area contributed by atoms with Gasteiger partial charge in [0.2, 0.25) is 0 Å². The molecule has 1 aliphatic rings. The Morgan fingerprint density at radius 3 is 3.00 bits per heavy atom. The fourth-order valence-electron chi connectivity index (χ4n) is 0.491. The van der Waals surface area contributed by atoms with Crippen LogP contribution in [-0.2, 0) is 0 Å². The SMILES string of the molecule is OCC1=CNCN1. The van der Waals surface area contributed by atoms with E-state index in [1.165, 1.54) is 0 Å². The van der Waals surface area contributed by atoms with E-state index in [0.29, 0.717) is 0 Å². The molecule has 1 aliphatic heterocycles. The molecule has 0 atom stereocenters. The lowest BCUT2D eigenvalue weighted by atomic mass is 10.5. The molecule has 3 N–H and O–H groups in total. The van der Waals surface area contributed by atoms with Crippen molar-refractivity contribution in [3.63, 3.8) is 0 Å². The van der Waals surface area contributed by atoms with Gasteiger partial charge in [0.15, 0.2) is 0 Å². The van der Waals surface area contributed by atoms with E-state index in [4.69, 9.17) is 5.11 Å². The third kappa shape index (κ3) is 0.838. The zero-order chi connectivity index (χ0) is 5.11. The largest absolute Gasteiger partial charge is 0.390 e. The van der Waals surface area contributed by atoms with Gasteiger partial charge in [0.25, 0.3) is 0 Å². The van der Waals surface area contributed by atoms with Crippen molar-refractivity contribution >= 4 is 0 Å². The molecule has 0 bridgehead atoms. The van der Waals surface area contributed by atoms with Crippen LogP contribution in [0.25, 0.3) is 0 Å². The van der Waals surface area contributed by atoms with Crippen molar-refractivity contribution < 1.29 is 5.11 Å². The first-order valence-corrected chi connectivity index (χ1v) is 2.20. The Hall–Kier alpha value is -0.700. The smallest absolute Gasteiger partial charge is 0.0843 e. The average Bonchev–Trinajstić information content (AvgIpc) is 2.14. The molecule has 0 aromatic carbocycles. The first-order chi connectivity index (χ1) is 3.43. The van der Waals surface area contributed by atoms with Gasteiger partial charge >= 0.3 is 0 Å². The monoisotopic (exact) mass is 100 g/mol. The van der Waals surface area contributed by atoms with Gasteiger partial charge in [-0.15, -0.1) is 0 Å². The summed E-state index contributed by atoms with van der Waals surface area (Å²) >= 11 is 0. The highest BCUT2D eigenvalue weighted by Gasteiger charge is 1.96. The van der Waals surface area contributed by atoms with Gasteiger partial charge in [0.1, 0.15) is 0 Å². The number of rotatable bonds is 1. The summed E-state index contributed by atoms with van der Waals surface area (Å²) in [5, 5.41) is 14.2. The maximum Gasteiger partial charge on any atom is 0.0843 e. The van der Waals surface area contributed by atoms with Gasteiger partial charge in [-0.25, -0.2) is 0 Å². The minimum atomic E-state index is 0.104. The Morgan fingerprint density at radius 2 is 2.71 bits per heavy atom. The summed E-state index contributed by atoms with van der Waals surface area (Å²) < 4.78 is 0. The van der Waals surface area contributed by atoms with Gasteiger partial charge in [-0.3, -0.25) is 0 Å². The molecule has 0 spiro atoms. The second kappa shape index (κ2) is 1.84. The van der Waals surface area contributed by atoms with Crippen LogP contribution >= 0.6 is 0 Å². The number of aliphatic hydroxyl groups excluding tert-OH is 1. The molecule has 7 heavy (non-hydrogen) atoms. The topological polar surface area (TPSA) is 44.3 Å². The third-order valence-electron chi connectivity index (χ3n) is 0.864. The molecule has 3 nitrogen and oxygen atoms in total. The normalized spacial score (nSPS) is 17.6. The molecule has 40 valence electrons. The molecule has 1 rings (SSSR count). The van der Waals surface area contributed by atoms with E-state index < -0.39 is 0 Å². The van der Waals surface area contributed by atoms with E-state index in [0.717, 1.165) is 12.4 Å². The van der Waals surface area contributed by atoms with Crippen molar-refractivity contribution in [2.75, 3.05) is 13.3 Å². The molecule has 1 heterocycles.